The summed E-state index contributed by atoms with van der Waals surface area (Å²) in [7, 11) is 0. The van der Waals surface area contributed by atoms with Gasteiger partial charge in [-0.3, -0.25) is 0 Å². The summed E-state index contributed by atoms with van der Waals surface area (Å²) in [6, 6.07) is 7.36. The van der Waals surface area contributed by atoms with Crippen LogP contribution in [-0.4, -0.2) is 6.04 Å². The number of aryl methyl sites for hydroxylation is 1. The Balaban J connectivity index is 1.76. The molecule has 1 aromatic carbocycles. The third kappa shape index (κ3) is 2.24. The number of hydrogen-bond acceptors (Lipinski definition) is 1. The number of halogens is 1. The molecule has 2 aliphatic rings. The van der Waals surface area contributed by atoms with Crippen LogP contribution in [0.5, 0.6) is 0 Å². The fraction of sp³-hybridized carbons (Fsp3) is 0.600. The zero-order chi connectivity index (χ0) is 11.8. The Morgan fingerprint density at radius 1 is 1.29 bits per heavy atom. The molecular formula is C15H20BrN. The summed E-state index contributed by atoms with van der Waals surface area (Å²) in [6.45, 7) is 2.23. The molecule has 2 heteroatoms. The number of fused-ring (bicyclic) bond motifs is 2. The highest BCUT2D eigenvalue weighted by atomic mass is 79.9. The lowest BCUT2D eigenvalue weighted by Gasteiger charge is -2.25. The Morgan fingerprint density at radius 2 is 2.18 bits per heavy atom. The van der Waals surface area contributed by atoms with Crippen molar-refractivity contribution < 1.29 is 0 Å². The zero-order valence-corrected chi connectivity index (χ0v) is 12.0. The van der Waals surface area contributed by atoms with Crippen molar-refractivity contribution >= 4 is 21.6 Å². The van der Waals surface area contributed by atoms with Gasteiger partial charge in [0.2, 0.25) is 0 Å². The lowest BCUT2D eigenvalue weighted by Crippen LogP contribution is -2.26. The molecule has 0 aliphatic heterocycles. The predicted octanol–water partition coefficient (Wildman–Crippen LogP) is 4.61. The van der Waals surface area contributed by atoms with E-state index in [0.29, 0.717) is 0 Å². The first-order chi connectivity index (χ1) is 8.26. The Bertz CT molecular complexity index is 415. The molecule has 0 amide bonds. The maximum atomic E-state index is 3.80. The van der Waals surface area contributed by atoms with Gasteiger partial charge in [0.15, 0.2) is 0 Å². The second-order valence-corrected chi connectivity index (χ2v) is 6.50. The van der Waals surface area contributed by atoms with Crippen molar-refractivity contribution in [1.82, 2.24) is 0 Å². The normalized spacial score (nSPS) is 30.8. The van der Waals surface area contributed by atoms with Gasteiger partial charge in [-0.25, -0.2) is 0 Å². The van der Waals surface area contributed by atoms with Crippen molar-refractivity contribution in [2.24, 2.45) is 11.8 Å². The van der Waals surface area contributed by atoms with Gasteiger partial charge in [0.05, 0.1) is 0 Å². The molecule has 0 radical (unpaired) electrons. The van der Waals surface area contributed by atoms with E-state index in [1.807, 2.05) is 0 Å². The third-order valence-corrected chi connectivity index (χ3v) is 5.02. The summed E-state index contributed by atoms with van der Waals surface area (Å²) in [4.78, 5) is 0. The molecule has 0 spiro atoms. The van der Waals surface area contributed by atoms with Crippen LogP contribution in [0.2, 0.25) is 0 Å². The van der Waals surface area contributed by atoms with Crippen LogP contribution in [0.4, 0.5) is 5.69 Å². The topological polar surface area (TPSA) is 12.0 Å². The van der Waals surface area contributed by atoms with Crippen molar-refractivity contribution in [3.05, 3.63) is 28.2 Å². The molecule has 1 aromatic rings. The van der Waals surface area contributed by atoms with Gasteiger partial charge in [-0.1, -0.05) is 29.3 Å². The molecule has 2 fully saturated rings. The molecule has 0 aromatic heterocycles. The minimum Gasteiger partial charge on any atom is -0.382 e. The zero-order valence-electron chi connectivity index (χ0n) is 10.4. The minimum atomic E-state index is 0.736. The van der Waals surface area contributed by atoms with E-state index in [4.69, 9.17) is 0 Å². The van der Waals surface area contributed by atoms with Crippen molar-refractivity contribution in [3.63, 3.8) is 0 Å². The van der Waals surface area contributed by atoms with Gasteiger partial charge in [0.1, 0.15) is 0 Å². The number of rotatable bonds is 3. The van der Waals surface area contributed by atoms with E-state index >= 15 is 0 Å². The van der Waals surface area contributed by atoms with Gasteiger partial charge in [-0.2, -0.15) is 0 Å². The van der Waals surface area contributed by atoms with Crippen LogP contribution in [0.1, 0.15) is 38.2 Å². The second kappa shape index (κ2) is 4.64. The van der Waals surface area contributed by atoms with Crippen molar-refractivity contribution in [2.45, 2.75) is 45.1 Å². The van der Waals surface area contributed by atoms with E-state index in [9.17, 15) is 0 Å². The molecule has 1 N–H and O–H groups in total. The molecule has 0 heterocycles. The second-order valence-electron chi connectivity index (χ2n) is 5.58. The van der Waals surface area contributed by atoms with E-state index in [1.165, 1.54) is 41.4 Å². The highest BCUT2D eigenvalue weighted by Gasteiger charge is 2.39. The van der Waals surface area contributed by atoms with Gasteiger partial charge < -0.3 is 5.32 Å². The van der Waals surface area contributed by atoms with E-state index in [2.05, 4.69) is 46.4 Å². The highest BCUT2D eigenvalue weighted by Crippen LogP contribution is 2.45. The van der Waals surface area contributed by atoms with Crippen LogP contribution < -0.4 is 5.32 Å². The molecule has 1 nitrogen and oxygen atoms in total. The monoisotopic (exact) mass is 293 g/mol. The van der Waals surface area contributed by atoms with Crippen LogP contribution in [0.25, 0.3) is 0 Å². The summed E-state index contributed by atoms with van der Waals surface area (Å²) in [5.41, 5.74) is 2.79. The Labute approximate surface area is 112 Å². The first kappa shape index (κ1) is 11.6. The fourth-order valence-electron chi connectivity index (χ4n) is 3.62. The molecule has 3 atom stereocenters. The van der Waals surface area contributed by atoms with Crippen LogP contribution >= 0.6 is 15.9 Å². The third-order valence-electron chi connectivity index (χ3n) is 4.53. The summed E-state index contributed by atoms with van der Waals surface area (Å²) < 4.78 is 1.19. The average Bonchev–Trinajstić information content (AvgIpc) is 2.93. The van der Waals surface area contributed by atoms with Crippen molar-refractivity contribution in [3.8, 4) is 0 Å². The maximum Gasteiger partial charge on any atom is 0.0375 e. The predicted molar refractivity (Wildman–Crippen MR) is 76.4 cm³/mol. The van der Waals surface area contributed by atoms with Gasteiger partial charge in [0.25, 0.3) is 0 Å². The first-order valence-electron chi connectivity index (χ1n) is 6.81. The van der Waals surface area contributed by atoms with E-state index in [-0.39, 0.29) is 0 Å². The standard InChI is InChI=1S/C15H20BrN/c1-2-11-9-13(16)5-6-14(11)17-15-8-10-3-4-12(15)7-10/h5-6,9-10,12,15,17H,2-4,7-8H2,1H3. The van der Waals surface area contributed by atoms with Gasteiger partial charge in [0, 0.05) is 16.2 Å². The minimum absolute atomic E-state index is 0.736. The van der Waals surface area contributed by atoms with Crippen LogP contribution in [0.3, 0.4) is 0 Å². The van der Waals surface area contributed by atoms with Gasteiger partial charge in [-0.05, 0) is 61.3 Å². The lowest BCUT2D eigenvalue weighted by atomic mass is 9.95. The number of hydrogen-bond donors (Lipinski definition) is 1. The molecule has 0 saturated heterocycles. The molecule has 3 rings (SSSR count). The molecule has 2 saturated carbocycles. The van der Waals surface area contributed by atoms with E-state index in [0.717, 1.165) is 24.3 Å². The molecule has 2 aliphatic carbocycles. The Morgan fingerprint density at radius 3 is 2.82 bits per heavy atom. The van der Waals surface area contributed by atoms with Crippen LogP contribution in [0, 0.1) is 11.8 Å². The smallest absolute Gasteiger partial charge is 0.0375 e. The summed E-state index contributed by atoms with van der Waals surface area (Å²) in [5.74, 6) is 1.95. The number of benzene rings is 1. The molecule has 3 unspecified atom stereocenters. The van der Waals surface area contributed by atoms with Crippen molar-refractivity contribution in [2.75, 3.05) is 5.32 Å². The molecule has 17 heavy (non-hydrogen) atoms. The highest BCUT2D eigenvalue weighted by molar-refractivity contribution is 9.10. The molecular weight excluding hydrogens is 274 g/mol. The lowest BCUT2D eigenvalue weighted by molar-refractivity contribution is 0.439. The average molecular weight is 294 g/mol. The van der Waals surface area contributed by atoms with Crippen LogP contribution in [-0.2, 0) is 6.42 Å². The van der Waals surface area contributed by atoms with Gasteiger partial charge in [-0.15, -0.1) is 0 Å². The largest absolute Gasteiger partial charge is 0.382 e. The first-order valence-corrected chi connectivity index (χ1v) is 7.60. The SMILES string of the molecule is CCc1cc(Br)ccc1NC1CC2CCC1C2. The van der Waals surface area contributed by atoms with Crippen LogP contribution in [0.15, 0.2) is 22.7 Å². The summed E-state index contributed by atoms with van der Waals surface area (Å²) >= 11 is 3.55. The molecule has 92 valence electrons. The van der Waals surface area contributed by atoms with E-state index in [1.54, 1.807) is 0 Å². The quantitative estimate of drug-likeness (QED) is 0.858. The van der Waals surface area contributed by atoms with Gasteiger partial charge >= 0.3 is 0 Å². The van der Waals surface area contributed by atoms with Crippen molar-refractivity contribution in [1.29, 1.82) is 0 Å². The van der Waals surface area contributed by atoms with E-state index < -0.39 is 0 Å². The fourth-order valence-corrected chi connectivity index (χ4v) is 4.03. The summed E-state index contributed by atoms with van der Waals surface area (Å²) in [6.07, 6.45) is 6.88. The molecule has 2 bridgehead atoms. The Hall–Kier alpha value is -0.500. The Kier molecular flexibility index (Phi) is 3.16. The summed E-state index contributed by atoms with van der Waals surface area (Å²) in [5, 5.41) is 3.80. The maximum absolute atomic E-state index is 3.80. The number of nitrogens with one attached hydrogen (secondary N) is 1. The number of anilines is 1.